The molecule has 1 aromatic carbocycles. The number of alkyl halides is 6. The van der Waals surface area contributed by atoms with Crippen LogP contribution in [0.1, 0.15) is 23.4 Å². The van der Waals surface area contributed by atoms with Crippen molar-refractivity contribution >= 4 is 81.3 Å². The summed E-state index contributed by atoms with van der Waals surface area (Å²) < 4.78 is -3.92. The zero-order valence-electron chi connectivity index (χ0n) is 13.7. The minimum Gasteiger partial charge on any atom is -0.365 e. The van der Waals surface area contributed by atoms with Crippen molar-refractivity contribution in [2.75, 3.05) is 5.01 Å². The fourth-order valence-electron chi connectivity index (χ4n) is 2.56. The van der Waals surface area contributed by atoms with Crippen molar-refractivity contribution in [3.05, 3.63) is 53.3 Å². The Morgan fingerprint density at radius 3 is 2.22 bits per heavy atom. The van der Waals surface area contributed by atoms with E-state index in [1.54, 1.807) is 6.92 Å². The number of hydrogen-bond donors (Lipinski definition) is 1. The lowest BCUT2D eigenvalue weighted by atomic mass is 10.0. The molecule has 2 heterocycles. The molecule has 1 atom stereocenters. The summed E-state index contributed by atoms with van der Waals surface area (Å²) in [4.78, 5) is 8.46. The van der Waals surface area contributed by atoms with Gasteiger partial charge in [-0.1, -0.05) is 99.9 Å². The van der Waals surface area contributed by atoms with Gasteiger partial charge in [-0.3, -0.25) is 0 Å². The van der Waals surface area contributed by atoms with Gasteiger partial charge in [0, 0.05) is 12.1 Å². The molecular weight excluding hydrogens is 477 g/mol. The lowest BCUT2D eigenvalue weighted by Gasteiger charge is -2.36. The van der Waals surface area contributed by atoms with E-state index in [1.807, 2.05) is 30.3 Å². The number of benzene rings is 1. The van der Waals surface area contributed by atoms with Crippen LogP contribution in [-0.4, -0.2) is 30.3 Å². The molecule has 27 heavy (non-hydrogen) atoms. The number of rotatable bonds is 2. The Morgan fingerprint density at radius 2 is 1.67 bits per heavy atom. The van der Waals surface area contributed by atoms with Gasteiger partial charge in [-0.15, -0.1) is 0 Å². The molecule has 144 valence electrons. The number of aromatic nitrogens is 2. The van der Waals surface area contributed by atoms with Crippen LogP contribution in [0.15, 0.2) is 41.5 Å². The van der Waals surface area contributed by atoms with E-state index in [1.165, 1.54) is 6.07 Å². The Labute approximate surface area is 185 Å². The Morgan fingerprint density at radius 1 is 1.04 bits per heavy atom. The summed E-state index contributed by atoms with van der Waals surface area (Å²) in [5.41, 5.74) is -0.213. The maximum Gasteiger partial charge on any atom is 0.249 e. The molecule has 1 aliphatic heterocycles. The van der Waals surface area contributed by atoms with E-state index >= 15 is 0 Å². The molecule has 1 aromatic heterocycles. The van der Waals surface area contributed by atoms with E-state index in [9.17, 15) is 5.11 Å². The Bertz CT molecular complexity index is 881. The molecule has 1 aliphatic rings. The zero-order valence-corrected chi connectivity index (χ0v) is 18.2. The molecule has 0 saturated carbocycles. The predicted octanol–water partition coefficient (Wildman–Crippen LogP) is 5.28. The minimum atomic E-state index is -2.12. The van der Waals surface area contributed by atoms with Gasteiger partial charge in [0.15, 0.2) is 0 Å². The van der Waals surface area contributed by atoms with Crippen LogP contribution in [-0.2, 0) is 3.79 Å². The molecule has 11 heteroatoms. The van der Waals surface area contributed by atoms with E-state index in [0.29, 0.717) is 11.4 Å². The highest BCUT2D eigenvalue weighted by atomic mass is 35.6. The SMILES string of the molecule is Cc1cc(C(Cl)(Cl)Cl)nc(N2N=C(c3ccccc3)CC2(O)C(Cl)(Cl)Cl)n1. The van der Waals surface area contributed by atoms with Gasteiger partial charge in [-0.05, 0) is 18.6 Å². The van der Waals surface area contributed by atoms with E-state index in [4.69, 9.17) is 69.6 Å². The molecule has 0 amide bonds. The minimum absolute atomic E-state index is 0.0592. The molecule has 2 aromatic rings. The van der Waals surface area contributed by atoms with Gasteiger partial charge in [0.05, 0.1) is 11.4 Å². The molecular formula is C16H12Cl6N4O. The van der Waals surface area contributed by atoms with Crippen LogP contribution in [0, 0.1) is 6.92 Å². The van der Waals surface area contributed by atoms with Crippen molar-refractivity contribution in [1.29, 1.82) is 0 Å². The highest BCUT2D eigenvalue weighted by Gasteiger charge is 2.57. The number of nitrogens with zero attached hydrogens (tertiary/aromatic N) is 4. The number of hydrogen-bond acceptors (Lipinski definition) is 5. The van der Waals surface area contributed by atoms with E-state index in [0.717, 1.165) is 10.6 Å². The number of aryl methyl sites for hydroxylation is 1. The van der Waals surface area contributed by atoms with Gasteiger partial charge >= 0.3 is 0 Å². The second-order valence-corrected chi connectivity index (χ2v) is 10.5. The largest absolute Gasteiger partial charge is 0.365 e. The molecule has 0 bridgehead atoms. The van der Waals surface area contributed by atoms with Crippen molar-refractivity contribution in [2.24, 2.45) is 5.10 Å². The van der Waals surface area contributed by atoms with Crippen molar-refractivity contribution in [3.8, 4) is 0 Å². The van der Waals surface area contributed by atoms with Crippen LogP contribution in [0.5, 0.6) is 0 Å². The van der Waals surface area contributed by atoms with Crippen LogP contribution in [0.2, 0.25) is 0 Å². The second-order valence-electron chi connectivity index (χ2n) is 5.91. The Balaban J connectivity index is 2.15. The molecule has 0 saturated heterocycles. The third-order valence-electron chi connectivity index (χ3n) is 3.87. The number of halogens is 6. The first-order chi connectivity index (χ1) is 12.4. The third-order valence-corrected chi connectivity index (χ3v) is 5.36. The summed E-state index contributed by atoms with van der Waals surface area (Å²) in [5.74, 6) is -0.0592. The summed E-state index contributed by atoms with van der Waals surface area (Å²) in [5, 5.41) is 16.6. The maximum atomic E-state index is 11.2. The van der Waals surface area contributed by atoms with Gasteiger partial charge in [0.2, 0.25) is 19.3 Å². The monoisotopic (exact) mass is 486 g/mol. The number of anilines is 1. The standard InChI is InChI=1S/C16H12Cl6N4O/c1-9-7-12(15(17,18)19)24-13(23-9)26-14(27,16(20,21)22)8-11(25-26)10-5-3-2-4-6-10/h2-7,27H,8H2,1H3. The number of aliphatic hydroxyl groups is 1. The summed E-state index contributed by atoms with van der Waals surface area (Å²) in [6, 6.07) is 10.7. The molecule has 3 rings (SSSR count). The summed E-state index contributed by atoms with van der Waals surface area (Å²) >= 11 is 36.1. The zero-order chi connectivity index (χ0) is 20.0. The predicted molar refractivity (Wildman–Crippen MR) is 111 cm³/mol. The van der Waals surface area contributed by atoms with E-state index < -0.39 is 13.3 Å². The Kier molecular flexibility index (Phi) is 5.79. The highest BCUT2D eigenvalue weighted by Crippen LogP contribution is 2.48. The highest BCUT2D eigenvalue weighted by molar-refractivity contribution is 6.68. The van der Waals surface area contributed by atoms with Crippen LogP contribution in [0.4, 0.5) is 5.95 Å². The average molecular weight is 489 g/mol. The quantitative estimate of drug-likeness (QED) is 0.584. The smallest absolute Gasteiger partial charge is 0.249 e. The first kappa shape index (κ1) is 21.2. The summed E-state index contributed by atoms with van der Waals surface area (Å²) in [6.45, 7) is 1.68. The average Bonchev–Trinajstić information content (AvgIpc) is 2.93. The van der Waals surface area contributed by atoms with E-state index in [-0.39, 0.29) is 18.1 Å². The number of hydrazone groups is 1. The molecule has 1 unspecified atom stereocenters. The lowest BCUT2D eigenvalue weighted by molar-refractivity contribution is 0.0550. The fourth-order valence-corrected chi connectivity index (χ4v) is 3.29. The maximum absolute atomic E-state index is 11.2. The third kappa shape index (κ3) is 4.25. The van der Waals surface area contributed by atoms with Crippen molar-refractivity contribution in [2.45, 2.75) is 26.7 Å². The molecule has 0 fully saturated rings. The van der Waals surface area contributed by atoms with E-state index in [2.05, 4.69) is 15.1 Å². The van der Waals surface area contributed by atoms with Gasteiger partial charge in [-0.25, -0.2) is 9.97 Å². The molecule has 0 aliphatic carbocycles. The first-order valence-electron chi connectivity index (χ1n) is 7.57. The normalized spacial score (nSPS) is 20.7. The van der Waals surface area contributed by atoms with Crippen LogP contribution < -0.4 is 5.01 Å². The summed E-state index contributed by atoms with van der Waals surface area (Å²) in [7, 11) is 0. The lowest BCUT2D eigenvalue weighted by Crippen LogP contribution is -2.54. The van der Waals surface area contributed by atoms with Crippen molar-refractivity contribution in [1.82, 2.24) is 9.97 Å². The van der Waals surface area contributed by atoms with Gasteiger partial charge in [0.25, 0.3) is 0 Å². The molecule has 0 radical (unpaired) electrons. The molecule has 5 nitrogen and oxygen atoms in total. The molecule has 0 spiro atoms. The van der Waals surface area contributed by atoms with Gasteiger partial charge in [0.1, 0.15) is 0 Å². The summed E-state index contributed by atoms with van der Waals surface area (Å²) in [6.07, 6.45) is -0.0755. The second kappa shape index (κ2) is 7.38. The van der Waals surface area contributed by atoms with Gasteiger partial charge < -0.3 is 5.11 Å². The molecule has 1 N–H and O–H groups in total. The van der Waals surface area contributed by atoms with Crippen LogP contribution in [0.3, 0.4) is 0 Å². The van der Waals surface area contributed by atoms with Crippen molar-refractivity contribution < 1.29 is 5.11 Å². The topological polar surface area (TPSA) is 61.6 Å². The van der Waals surface area contributed by atoms with Gasteiger partial charge in [-0.2, -0.15) is 10.1 Å². The first-order valence-corrected chi connectivity index (χ1v) is 9.84. The van der Waals surface area contributed by atoms with Crippen LogP contribution in [0.25, 0.3) is 0 Å². The van der Waals surface area contributed by atoms with Crippen molar-refractivity contribution in [3.63, 3.8) is 0 Å². The fraction of sp³-hybridized carbons (Fsp3) is 0.312. The Hall–Kier alpha value is -0.530. The van der Waals surface area contributed by atoms with Crippen LogP contribution >= 0.6 is 69.6 Å².